The highest BCUT2D eigenvalue weighted by Gasteiger charge is 2.44. The zero-order chi connectivity index (χ0) is 14.7. The fraction of sp³-hybridized carbons (Fsp3) is 0.368. The van der Waals surface area contributed by atoms with Crippen LogP contribution in [-0.4, -0.2) is 12.8 Å². The maximum atomic E-state index is 3.72. The molecule has 2 aromatic carbocycles. The maximum absolute atomic E-state index is 3.72. The number of benzene rings is 2. The lowest BCUT2D eigenvalue weighted by Gasteiger charge is -2.21. The molecule has 0 spiro atoms. The molecule has 1 aliphatic rings. The van der Waals surface area contributed by atoms with Crippen LogP contribution >= 0.6 is 11.8 Å². The average molecular weight is 297 g/mol. The van der Waals surface area contributed by atoms with Crippen LogP contribution in [0, 0.1) is 5.92 Å². The van der Waals surface area contributed by atoms with Crippen molar-refractivity contribution in [1.29, 1.82) is 0 Å². The van der Waals surface area contributed by atoms with Crippen LogP contribution in [-0.2, 0) is 0 Å². The number of nitrogens with one attached hydrogen (secondary N) is 1. The van der Waals surface area contributed by atoms with Crippen molar-refractivity contribution >= 4 is 11.8 Å². The molecule has 0 heterocycles. The van der Waals surface area contributed by atoms with Gasteiger partial charge in [-0.2, -0.15) is 0 Å². The van der Waals surface area contributed by atoms with Crippen molar-refractivity contribution < 1.29 is 0 Å². The van der Waals surface area contributed by atoms with E-state index in [-0.39, 0.29) is 0 Å². The minimum absolute atomic E-state index is 0.476. The summed E-state index contributed by atoms with van der Waals surface area (Å²) in [5.74, 6) is 1.44. The largest absolute Gasteiger partial charge is 0.310 e. The molecule has 3 rings (SSSR count). The molecule has 0 radical (unpaired) electrons. The van der Waals surface area contributed by atoms with Crippen molar-refractivity contribution in [2.45, 2.75) is 30.2 Å². The van der Waals surface area contributed by atoms with E-state index in [1.807, 2.05) is 11.8 Å². The van der Waals surface area contributed by atoms with Crippen molar-refractivity contribution in [2.24, 2.45) is 5.92 Å². The van der Waals surface area contributed by atoms with Crippen LogP contribution in [0.25, 0.3) is 0 Å². The molecule has 0 bridgehead atoms. The van der Waals surface area contributed by atoms with Gasteiger partial charge in [-0.1, -0.05) is 55.5 Å². The lowest BCUT2D eigenvalue weighted by Crippen LogP contribution is -2.23. The van der Waals surface area contributed by atoms with Crippen molar-refractivity contribution in [3.05, 3.63) is 65.7 Å². The first-order chi connectivity index (χ1) is 10.3. The molecule has 2 heteroatoms. The van der Waals surface area contributed by atoms with Crippen molar-refractivity contribution in [2.75, 3.05) is 12.8 Å². The Morgan fingerprint density at radius 2 is 1.81 bits per heavy atom. The summed E-state index contributed by atoms with van der Waals surface area (Å²) in [6, 6.07) is 20.3. The molecule has 1 aliphatic carbocycles. The van der Waals surface area contributed by atoms with E-state index in [0.717, 1.165) is 12.5 Å². The second-order valence-corrected chi connectivity index (χ2v) is 6.54. The zero-order valence-electron chi connectivity index (χ0n) is 12.8. The van der Waals surface area contributed by atoms with Gasteiger partial charge in [0.05, 0.1) is 0 Å². The summed E-state index contributed by atoms with van der Waals surface area (Å²) < 4.78 is 0. The van der Waals surface area contributed by atoms with Gasteiger partial charge in [-0.3, -0.25) is 0 Å². The smallest absolute Gasteiger partial charge is 0.0365 e. The van der Waals surface area contributed by atoms with Gasteiger partial charge in [0, 0.05) is 10.9 Å². The summed E-state index contributed by atoms with van der Waals surface area (Å²) in [4.78, 5) is 1.40. The molecule has 110 valence electrons. The van der Waals surface area contributed by atoms with Crippen LogP contribution in [0.15, 0.2) is 59.5 Å². The van der Waals surface area contributed by atoms with Gasteiger partial charge in [0.15, 0.2) is 0 Å². The normalized spacial score (nSPS) is 22.0. The van der Waals surface area contributed by atoms with E-state index in [0.29, 0.717) is 12.0 Å². The van der Waals surface area contributed by atoms with Gasteiger partial charge in [-0.25, -0.2) is 0 Å². The van der Waals surface area contributed by atoms with E-state index < -0.39 is 0 Å². The summed E-state index contributed by atoms with van der Waals surface area (Å²) in [6.07, 6.45) is 3.47. The van der Waals surface area contributed by atoms with Crippen LogP contribution < -0.4 is 5.32 Å². The third-order valence-electron chi connectivity index (χ3n) is 4.39. The van der Waals surface area contributed by atoms with Gasteiger partial charge in [-0.15, -0.1) is 11.8 Å². The Morgan fingerprint density at radius 1 is 1.10 bits per heavy atom. The van der Waals surface area contributed by atoms with E-state index in [1.165, 1.54) is 22.4 Å². The number of hydrogen-bond donors (Lipinski definition) is 1. The minimum Gasteiger partial charge on any atom is -0.310 e. The molecule has 0 aromatic heterocycles. The highest BCUT2D eigenvalue weighted by molar-refractivity contribution is 7.98. The summed E-state index contributed by atoms with van der Waals surface area (Å²) >= 11 is 1.85. The van der Waals surface area contributed by atoms with Gasteiger partial charge < -0.3 is 5.32 Å². The van der Waals surface area contributed by atoms with Gasteiger partial charge in [0.2, 0.25) is 0 Å². The molecule has 2 aromatic rings. The lowest BCUT2D eigenvalue weighted by molar-refractivity contribution is 0.481. The SMILES string of the molecule is CCNC(c1ccccc1SC)C1CC1c1ccccc1. The van der Waals surface area contributed by atoms with E-state index in [9.17, 15) is 0 Å². The third kappa shape index (κ3) is 3.17. The second kappa shape index (κ2) is 6.67. The van der Waals surface area contributed by atoms with Crippen LogP contribution in [0.2, 0.25) is 0 Å². The molecule has 3 unspecified atom stereocenters. The van der Waals surface area contributed by atoms with E-state index in [2.05, 4.69) is 73.1 Å². The molecule has 1 nitrogen and oxygen atoms in total. The Balaban J connectivity index is 1.83. The number of hydrogen-bond acceptors (Lipinski definition) is 2. The fourth-order valence-electron chi connectivity index (χ4n) is 3.30. The van der Waals surface area contributed by atoms with E-state index in [4.69, 9.17) is 0 Å². The molecule has 0 amide bonds. The minimum atomic E-state index is 0.476. The monoisotopic (exact) mass is 297 g/mol. The van der Waals surface area contributed by atoms with Gasteiger partial charge in [0.25, 0.3) is 0 Å². The highest BCUT2D eigenvalue weighted by atomic mass is 32.2. The van der Waals surface area contributed by atoms with Crippen molar-refractivity contribution in [1.82, 2.24) is 5.32 Å². The molecule has 1 saturated carbocycles. The van der Waals surface area contributed by atoms with E-state index in [1.54, 1.807) is 0 Å². The average Bonchev–Trinajstić information content (AvgIpc) is 3.34. The molecule has 3 atom stereocenters. The maximum Gasteiger partial charge on any atom is 0.0365 e. The third-order valence-corrected chi connectivity index (χ3v) is 5.21. The van der Waals surface area contributed by atoms with Crippen molar-refractivity contribution in [3.63, 3.8) is 0 Å². The summed E-state index contributed by atoms with van der Waals surface area (Å²) in [7, 11) is 0. The molecule has 21 heavy (non-hydrogen) atoms. The van der Waals surface area contributed by atoms with Crippen LogP contribution in [0.5, 0.6) is 0 Å². The first-order valence-corrected chi connectivity index (χ1v) is 8.99. The Bertz CT molecular complexity index is 581. The molecular formula is C19H23NS. The van der Waals surface area contributed by atoms with Gasteiger partial charge >= 0.3 is 0 Å². The molecular weight excluding hydrogens is 274 g/mol. The Labute approximate surface area is 132 Å². The van der Waals surface area contributed by atoms with E-state index >= 15 is 0 Å². The Kier molecular flexibility index (Phi) is 4.67. The first-order valence-electron chi connectivity index (χ1n) is 7.76. The predicted octanol–water partition coefficient (Wildman–Crippen LogP) is 4.86. The molecule has 1 fully saturated rings. The van der Waals surface area contributed by atoms with Gasteiger partial charge in [0.1, 0.15) is 0 Å². The topological polar surface area (TPSA) is 12.0 Å². The fourth-order valence-corrected chi connectivity index (χ4v) is 3.95. The quantitative estimate of drug-likeness (QED) is 0.764. The number of thioether (sulfide) groups is 1. The highest BCUT2D eigenvalue weighted by Crippen LogP contribution is 2.54. The van der Waals surface area contributed by atoms with Crippen molar-refractivity contribution in [3.8, 4) is 0 Å². The predicted molar refractivity (Wildman–Crippen MR) is 91.9 cm³/mol. The molecule has 1 N–H and O–H groups in total. The summed E-state index contributed by atoms with van der Waals surface area (Å²) in [6.45, 7) is 3.22. The first kappa shape index (κ1) is 14.7. The second-order valence-electron chi connectivity index (χ2n) is 5.69. The summed E-state index contributed by atoms with van der Waals surface area (Å²) in [5.41, 5.74) is 2.96. The zero-order valence-corrected chi connectivity index (χ0v) is 13.6. The van der Waals surface area contributed by atoms with Gasteiger partial charge in [-0.05, 0) is 48.3 Å². The standard InChI is InChI=1S/C19H23NS/c1-3-20-19(15-11-7-8-12-18(15)21-2)17-13-16(17)14-9-5-4-6-10-14/h4-12,16-17,19-20H,3,13H2,1-2H3. The van der Waals surface area contributed by atoms with Crippen LogP contribution in [0.4, 0.5) is 0 Å². The van der Waals surface area contributed by atoms with Crippen LogP contribution in [0.3, 0.4) is 0 Å². The molecule has 0 saturated heterocycles. The Hall–Kier alpha value is -1.25. The van der Waals surface area contributed by atoms with Crippen LogP contribution in [0.1, 0.15) is 36.4 Å². The molecule has 0 aliphatic heterocycles. The Morgan fingerprint density at radius 3 is 2.52 bits per heavy atom. The lowest BCUT2D eigenvalue weighted by atomic mass is 9.98. The summed E-state index contributed by atoms with van der Waals surface area (Å²) in [5, 5.41) is 3.72. The number of rotatable bonds is 6.